The van der Waals surface area contributed by atoms with Crippen molar-refractivity contribution in [2.24, 2.45) is 0 Å². The zero-order valence-corrected chi connectivity index (χ0v) is 23.7. The average molecular weight is 487 g/mol. The fourth-order valence-electron chi connectivity index (χ4n) is 6.08. The van der Waals surface area contributed by atoms with E-state index in [0.717, 1.165) is 89.0 Å². The highest BCUT2D eigenvalue weighted by atomic mass is 16.4. The van der Waals surface area contributed by atoms with Gasteiger partial charge in [-0.2, -0.15) is 0 Å². The molecule has 0 spiro atoms. The highest BCUT2D eigenvalue weighted by molar-refractivity contribution is 5.97. The number of carboxylic acids is 2. The summed E-state index contributed by atoms with van der Waals surface area (Å²) in [5.74, 6) is -1.78. The quantitative estimate of drug-likeness (QED) is 0.390. The lowest BCUT2D eigenvalue weighted by Gasteiger charge is -2.28. The predicted octanol–water partition coefficient (Wildman–Crippen LogP) is 8.12. The zero-order valence-electron chi connectivity index (χ0n) is 23.7. The van der Waals surface area contributed by atoms with Crippen LogP contribution in [-0.2, 0) is 0 Å². The van der Waals surface area contributed by atoms with E-state index in [1.54, 1.807) is 0 Å². The molecule has 0 bridgehead atoms. The van der Waals surface area contributed by atoms with E-state index in [1.165, 1.54) is 0 Å². The number of rotatable bonds is 4. The molecule has 190 valence electrons. The molecule has 0 saturated heterocycles. The van der Waals surface area contributed by atoms with E-state index in [9.17, 15) is 19.8 Å². The molecule has 0 aliphatic heterocycles. The van der Waals surface area contributed by atoms with Crippen LogP contribution in [0.3, 0.4) is 0 Å². The van der Waals surface area contributed by atoms with Gasteiger partial charge in [0.2, 0.25) is 0 Å². The molecule has 0 unspecified atom stereocenters. The van der Waals surface area contributed by atoms with Crippen LogP contribution in [-0.4, -0.2) is 22.2 Å². The van der Waals surface area contributed by atoms with Gasteiger partial charge in [-0.05, 0) is 172 Å². The van der Waals surface area contributed by atoms with Gasteiger partial charge in [0.25, 0.3) is 0 Å². The summed E-state index contributed by atoms with van der Waals surface area (Å²) in [6.07, 6.45) is 0. The summed E-state index contributed by atoms with van der Waals surface area (Å²) in [6.45, 7) is 24.3. The van der Waals surface area contributed by atoms with Crippen molar-refractivity contribution in [3.8, 4) is 22.3 Å². The van der Waals surface area contributed by atoms with E-state index in [2.05, 4.69) is 27.7 Å². The number of aromatic carboxylic acids is 2. The Balaban J connectivity index is 2.50. The lowest BCUT2D eigenvalue weighted by atomic mass is 9.76. The van der Waals surface area contributed by atoms with Crippen molar-refractivity contribution in [2.45, 2.75) is 83.1 Å². The number of hydrogen-bond donors (Lipinski definition) is 2. The van der Waals surface area contributed by atoms with Crippen molar-refractivity contribution in [3.05, 3.63) is 77.9 Å². The Hall–Kier alpha value is -3.40. The third-order valence-corrected chi connectivity index (χ3v) is 8.80. The summed E-state index contributed by atoms with van der Waals surface area (Å²) in [5, 5.41) is 19.7. The second-order valence-electron chi connectivity index (χ2n) is 10.4. The second kappa shape index (κ2) is 9.24. The molecule has 0 heterocycles. The molecule has 3 rings (SSSR count). The molecule has 0 radical (unpaired) electrons. The molecular formula is C32H38O4. The molecule has 0 amide bonds. The van der Waals surface area contributed by atoms with Gasteiger partial charge in [-0.1, -0.05) is 0 Å². The molecule has 36 heavy (non-hydrogen) atoms. The summed E-state index contributed by atoms with van der Waals surface area (Å²) in [6, 6.07) is 0. The van der Waals surface area contributed by atoms with E-state index in [4.69, 9.17) is 0 Å². The van der Waals surface area contributed by atoms with Gasteiger partial charge in [0, 0.05) is 0 Å². The normalized spacial score (nSPS) is 11.2. The summed E-state index contributed by atoms with van der Waals surface area (Å²) in [5.41, 5.74) is 17.2. The van der Waals surface area contributed by atoms with Gasteiger partial charge >= 0.3 is 11.9 Å². The van der Waals surface area contributed by atoms with Gasteiger partial charge < -0.3 is 10.2 Å². The fraction of sp³-hybridized carbons (Fsp3) is 0.375. The summed E-state index contributed by atoms with van der Waals surface area (Å²) >= 11 is 0. The van der Waals surface area contributed by atoms with Crippen molar-refractivity contribution in [1.82, 2.24) is 0 Å². The minimum absolute atomic E-state index is 0.393. The van der Waals surface area contributed by atoms with Gasteiger partial charge in [-0.15, -0.1) is 0 Å². The maximum absolute atomic E-state index is 12.0. The first kappa shape index (κ1) is 27.2. The van der Waals surface area contributed by atoms with E-state index in [1.807, 2.05) is 55.4 Å². The third kappa shape index (κ3) is 3.75. The monoisotopic (exact) mass is 486 g/mol. The Morgan fingerprint density at radius 1 is 0.333 bits per heavy atom. The van der Waals surface area contributed by atoms with Gasteiger partial charge in [-0.25, -0.2) is 9.59 Å². The number of carboxylic acid groups (broad SMARTS) is 2. The summed E-state index contributed by atoms with van der Waals surface area (Å²) in [7, 11) is 0. The molecule has 4 heteroatoms. The number of hydrogen-bond acceptors (Lipinski definition) is 2. The maximum atomic E-state index is 12.0. The molecule has 0 atom stereocenters. The SMILES string of the molecule is Cc1c(C)c(-c2c(C)c(C)c(-c3c(C)c(C)c(C(=O)O)c(C)c3C)c(C)c2C)c(C)c(C)c1C(=O)O. The Bertz CT molecular complexity index is 1290. The van der Waals surface area contributed by atoms with Gasteiger partial charge in [-0.3, -0.25) is 0 Å². The number of benzene rings is 3. The van der Waals surface area contributed by atoms with Crippen molar-refractivity contribution in [3.63, 3.8) is 0 Å². The van der Waals surface area contributed by atoms with Crippen LogP contribution in [0.2, 0.25) is 0 Å². The first-order chi connectivity index (χ1) is 16.6. The van der Waals surface area contributed by atoms with E-state index in [0.29, 0.717) is 11.1 Å². The van der Waals surface area contributed by atoms with Crippen LogP contribution < -0.4 is 0 Å². The molecule has 0 fully saturated rings. The van der Waals surface area contributed by atoms with E-state index < -0.39 is 11.9 Å². The fourth-order valence-corrected chi connectivity index (χ4v) is 6.08. The van der Waals surface area contributed by atoms with Crippen LogP contribution in [0.25, 0.3) is 22.3 Å². The molecule has 0 aliphatic carbocycles. The molecule has 3 aromatic carbocycles. The Kier molecular flexibility index (Phi) is 6.98. The molecule has 0 aliphatic rings. The first-order valence-electron chi connectivity index (χ1n) is 12.4. The van der Waals surface area contributed by atoms with E-state index >= 15 is 0 Å². The number of carbonyl (C=O) groups is 2. The first-order valence-corrected chi connectivity index (χ1v) is 12.4. The standard InChI is InChI=1S/C32H38O4/c1-13-14(2)26(28-19(7)23(11)30(32(35)36)24(12)20(28)8)16(4)15(3)25(13)27-17(5)21(9)29(31(33)34)22(10)18(27)6/h1-12H3,(H,33,34)(H,35,36). The highest BCUT2D eigenvalue weighted by Crippen LogP contribution is 2.45. The Morgan fingerprint density at radius 2 is 0.472 bits per heavy atom. The van der Waals surface area contributed by atoms with Crippen LogP contribution in [0, 0.1) is 83.1 Å². The Labute approximate surface area is 215 Å². The average Bonchev–Trinajstić information content (AvgIpc) is 2.79. The van der Waals surface area contributed by atoms with Gasteiger partial charge in [0.15, 0.2) is 0 Å². The largest absolute Gasteiger partial charge is 0.478 e. The van der Waals surface area contributed by atoms with Crippen LogP contribution in [0.5, 0.6) is 0 Å². The van der Waals surface area contributed by atoms with Crippen molar-refractivity contribution in [2.75, 3.05) is 0 Å². The third-order valence-electron chi connectivity index (χ3n) is 8.80. The summed E-state index contributed by atoms with van der Waals surface area (Å²) < 4.78 is 0. The molecular weight excluding hydrogens is 448 g/mol. The Morgan fingerprint density at radius 3 is 0.611 bits per heavy atom. The predicted molar refractivity (Wildman–Crippen MR) is 148 cm³/mol. The second-order valence-corrected chi connectivity index (χ2v) is 10.4. The maximum Gasteiger partial charge on any atom is 0.336 e. The molecule has 3 aromatic rings. The van der Waals surface area contributed by atoms with Crippen molar-refractivity contribution >= 4 is 11.9 Å². The topological polar surface area (TPSA) is 74.6 Å². The van der Waals surface area contributed by atoms with Crippen molar-refractivity contribution in [1.29, 1.82) is 0 Å². The van der Waals surface area contributed by atoms with Crippen LogP contribution in [0.4, 0.5) is 0 Å². The van der Waals surface area contributed by atoms with Gasteiger partial charge in [0.05, 0.1) is 11.1 Å². The minimum Gasteiger partial charge on any atom is -0.478 e. The van der Waals surface area contributed by atoms with Gasteiger partial charge in [0.1, 0.15) is 0 Å². The lowest BCUT2D eigenvalue weighted by molar-refractivity contribution is 0.0684. The zero-order chi connectivity index (χ0) is 27.5. The highest BCUT2D eigenvalue weighted by Gasteiger charge is 2.27. The molecule has 0 aromatic heterocycles. The molecule has 2 N–H and O–H groups in total. The van der Waals surface area contributed by atoms with Crippen LogP contribution in [0.1, 0.15) is 87.5 Å². The van der Waals surface area contributed by atoms with E-state index in [-0.39, 0.29) is 0 Å². The van der Waals surface area contributed by atoms with Crippen LogP contribution in [0.15, 0.2) is 0 Å². The minimum atomic E-state index is -0.889. The lowest BCUT2D eigenvalue weighted by Crippen LogP contribution is -2.11. The molecule has 0 saturated carbocycles. The van der Waals surface area contributed by atoms with Crippen LogP contribution >= 0.6 is 0 Å². The molecule has 4 nitrogen and oxygen atoms in total. The summed E-state index contributed by atoms with van der Waals surface area (Å²) in [4.78, 5) is 24.0. The smallest absolute Gasteiger partial charge is 0.336 e. The van der Waals surface area contributed by atoms with Crippen molar-refractivity contribution < 1.29 is 19.8 Å².